The van der Waals surface area contributed by atoms with Gasteiger partial charge in [-0.3, -0.25) is 0 Å². The second-order valence-corrected chi connectivity index (χ2v) is 21.2. The number of urea groups is 2. The van der Waals surface area contributed by atoms with E-state index >= 15 is 0 Å². The van der Waals surface area contributed by atoms with E-state index in [1.807, 2.05) is 9.80 Å². The quantitative estimate of drug-likeness (QED) is 0.128. The number of amidine groups is 2. The molecule has 0 radical (unpaired) electrons. The van der Waals surface area contributed by atoms with Gasteiger partial charge < -0.3 is 20.3 Å². The first-order valence-corrected chi connectivity index (χ1v) is 26.8. The summed E-state index contributed by atoms with van der Waals surface area (Å²) < 4.78 is 0. The number of carbonyl (C=O) groups is 2. The lowest BCUT2D eigenvalue weighted by Crippen LogP contribution is -2.54. The molecule has 0 saturated heterocycles. The number of nitrogens with one attached hydrogen (secondary N) is 2. The van der Waals surface area contributed by atoms with Gasteiger partial charge in [0.15, 0.2) is 0 Å². The standard InChI is InChI=1S/C51H84N8O4/c60-48(58(46-25-9-3-10-26-46)50(54-40-17-5-1-6-18-40)62-56-44-21-13-14-22-44)52-42-33-29-38(30-34-42)37-39-31-35-43(36-32-39)53-49(61)59(47-27-11-4-12-28-47)51(55-41-19-7-2-8-20-41)63-57-45-23-15-16-24-45/h38-43,46-47H,1-37H2,(H,52,60)(H,53,61)/b54-50-,55-51-. The van der Waals surface area contributed by atoms with Crippen LogP contribution in [0, 0.1) is 11.8 Å². The SMILES string of the molecule is O=C(NC1CCC(CC2CCC(NC(=O)N(/C(=N/C3CCCCC3)ON=C3CCCC3)C3CCCCC3)CC2)CC1)N(/C(=N/C1CCCCC1)ON=C1CCCC1)C1CCCCC1. The highest BCUT2D eigenvalue weighted by Gasteiger charge is 2.37. The van der Waals surface area contributed by atoms with Crippen molar-refractivity contribution < 1.29 is 19.3 Å². The van der Waals surface area contributed by atoms with Crippen LogP contribution in [0.25, 0.3) is 0 Å². The van der Waals surface area contributed by atoms with Crippen LogP contribution in [-0.2, 0) is 9.68 Å². The largest absolute Gasteiger partial charge is 0.335 e. The molecular weight excluding hydrogens is 789 g/mol. The summed E-state index contributed by atoms with van der Waals surface area (Å²) in [4.78, 5) is 55.5. The molecule has 0 aromatic carbocycles. The second kappa shape index (κ2) is 24.4. The predicted molar refractivity (Wildman–Crippen MR) is 253 cm³/mol. The van der Waals surface area contributed by atoms with Crippen molar-refractivity contribution in [3.8, 4) is 0 Å². The number of rotatable bonds is 10. The van der Waals surface area contributed by atoms with Crippen molar-refractivity contribution in [1.29, 1.82) is 0 Å². The number of aliphatic imine (C=N–C) groups is 2. The fourth-order valence-corrected chi connectivity index (χ4v) is 12.5. The van der Waals surface area contributed by atoms with E-state index in [0.717, 1.165) is 191 Å². The zero-order chi connectivity index (χ0) is 43.1. The number of nitrogens with zero attached hydrogens (tertiary/aromatic N) is 6. The van der Waals surface area contributed by atoms with Gasteiger partial charge in [0.1, 0.15) is 0 Å². The van der Waals surface area contributed by atoms with Crippen LogP contribution in [0.15, 0.2) is 20.3 Å². The fourth-order valence-electron chi connectivity index (χ4n) is 12.5. The Morgan fingerprint density at radius 1 is 0.429 bits per heavy atom. The van der Waals surface area contributed by atoms with E-state index in [0.29, 0.717) is 23.9 Å². The number of oxime groups is 2. The third kappa shape index (κ3) is 13.9. The summed E-state index contributed by atoms with van der Waals surface area (Å²) in [5.74, 6) is 1.38. The maximum atomic E-state index is 14.4. The number of carbonyl (C=O) groups excluding carboxylic acids is 2. The first-order valence-electron chi connectivity index (χ1n) is 26.8. The van der Waals surface area contributed by atoms with Crippen molar-refractivity contribution in [1.82, 2.24) is 20.4 Å². The average molecular weight is 873 g/mol. The molecule has 0 heterocycles. The molecule has 0 unspecified atom stereocenters. The predicted octanol–water partition coefficient (Wildman–Crippen LogP) is 12.5. The molecule has 8 fully saturated rings. The van der Waals surface area contributed by atoms with Crippen molar-refractivity contribution in [3.05, 3.63) is 0 Å². The van der Waals surface area contributed by atoms with E-state index in [4.69, 9.17) is 19.7 Å². The van der Waals surface area contributed by atoms with Gasteiger partial charge in [0.25, 0.3) is 0 Å². The van der Waals surface area contributed by atoms with Crippen LogP contribution in [0.4, 0.5) is 9.59 Å². The van der Waals surface area contributed by atoms with Crippen LogP contribution in [0.1, 0.15) is 238 Å². The Kier molecular flexibility index (Phi) is 17.9. The van der Waals surface area contributed by atoms with Gasteiger partial charge in [0, 0.05) is 24.2 Å². The molecule has 8 aliphatic carbocycles. The van der Waals surface area contributed by atoms with E-state index < -0.39 is 0 Å². The summed E-state index contributed by atoms with van der Waals surface area (Å²) in [6.45, 7) is 0. The molecule has 8 saturated carbocycles. The van der Waals surface area contributed by atoms with E-state index in [1.165, 1.54) is 57.8 Å². The topological polar surface area (TPSA) is 133 Å². The molecule has 0 aromatic rings. The molecule has 0 spiro atoms. The smallest absolute Gasteiger partial charge is 0.326 e. The Balaban J connectivity index is 0.835. The van der Waals surface area contributed by atoms with Crippen LogP contribution in [0.3, 0.4) is 0 Å². The Morgan fingerprint density at radius 3 is 1.11 bits per heavy atom. The minimum Gasteiger partial charge on any atom is -0.335 e. The second-order valence-electron chi connectivity index (χ2n) is 21.2. The average Bonchev–Trinajstić information content (AvgIpc) is 4.06. The molecule has 8 rings (SSSR count). The normalized spacial score (nSPS) is 29.0. The summed E-state index contributed by atoms with van der Waals surface area (Å²) in [7, 11) is 0. The van der Waals surface area contributed by atoms with Crippen molar-refractivity contribution in [2.24, 2.45) is 32.1 Å². The van der Waals surface area contributed by atoms with Crippen LogP contribution < -0.4 is 10.6 Å². The first-order chi connectivity index (χ1) is 31.0. The fraction of sp³-hybridized carbons (Fsp3) is 0.882. The molecule has 0 bridgehead atoms. The maximum absolute atomic E-state index is 14.4. The monoisotopic (exact) mass is 873 g/mol. The molecule has 0 aliphatic heterocycles. The highest BCUT2D eigenvalue weighted by molar-refractivity contribution is 5.95. The van der Waals surface area contributed by atoms with Crippen molar-refractivity contribution >= 4 is 35.5 Å². The zero-order valence-electron chi connectivity index (χ0n) is 39.1. The Labute approximate surface area is 380 Å². The van der Waals surface area contributed by atoms with Gasteiger partial charge in [-0.05, 0) is 172 Å². The molecule has 4 amide bonds. The number of hydrogen-bond donors (Lipinski definition) is 2. The lowest BCUT2D eigenvalue weighted by molar-refractivity contribution is 0.154. The molecule has 2 N–H and O–H groups in total. The highest BCUT2D eigenvalue weighted by Crippen LogP contribution is 2.37. The first kappa shape index (κ1) is 46.4. The third-order valence-corrected chi connectivity index (χ3v) is 16.4. The highest BCUT2D eigenvalue weighted by atomic mass is 16.7. The summed E-state index contributed by atoms with van der Waals surface area (Å²) >= 11 is 0. The van der Waals surface area contributed by atoms with E-state index in [9.17, 15) is 9.59 Å². The third-order valence-electron chi connectivity index (χ3n) is 16.4. The van der Waals surface area contributed by atoms with Crippen molar-refractivity contribution in [3.63, 3.8) is 0 Å². The molecular formula is C51H84N8O4. The van der Waals surface area contributed by atoms with Crippen molar-refractivity contribution in [2.75, 3.05) is 0 Å². The van der Waals surface area contributed by atoms with E-state index in [1.54, 1.807) is 0 Å². The Morgan fingerprint density at radius 2 is 0.762 bits per heavy atom. The van der Waals surface area contributed by atoms with E-state index in [2.05, 4.69) is 20.9 Å². The van der Waals surface area contributed by atoms with Gasteiger partial charge in [-0.1, -0.05) is 87.4 Å². The van der Waals surface area contributed by atoms with Crippen LogP contribution in [0.5, 0.6) is 0 Å². The minimum atomic E-state index is -0.0324. The maximum Gasteiger partial charge on any atom is 0.326 e. The Hall–Kier alpha value is -3.18. The molecule has 352 valence electrons. The zero-order valence-corrected chi connectivity index (χ0v) is 39.1. The van der Waals surface area contributed by atoms with Crippen LogP contribution >= 0.6 is 0 Å². The minimum absolute atomic E-state index is 0.0324. The van der Waals surface area contributed by atoms with Crippen LogP contribution in [0.2, 0.25) is 0 Å². The summed E-state index contributed by atoms with van der Waals surface area (Å²) in [6.07, 6.45) is 41.1. The Bertz CT molecular complexity index is 1430. The molecule has 12 nitrogen and oxygen atoms in total. The lowest BCUT2D eigenvalue weighted by atomic mass is 9.75. The summed E-state index contributed by atoms with van der Waals surface area (Å²) in [5.41, 5.74) is 2.21. The number of hydrogen-bond acceptors (Lipinski definition) is 8. The van der Waals surface area contributed by atoms with Crippen molar-refractivity contribution in [2.45, 2.75) is 274 Å². The van der Waals surface area contributed by atoms with Gasteiger partial charge >= 0.3 is 24.1 Å². The lowest BCUT2D eigenvalue weighted by Gasteiger charge is -2.38. The molecule has 63 heavy (non-hydrogen) atoms. The van der Waals surface area contributed by atoms with Gasteiger partial charge in [0.05, 0.1) is 23.5 Å². The van der Waals surface area contributed by atoms with Gasteiger partial charge in [-0.25, -0.2) is 29.4 Å². The van der Waals surface area contributed by atoms with Gasteiger partial charge in [-0.2, -0.15) is 0 Å². The summed E-state index contributed by atoms with van der Waals surface area (Å²) in [6, 6.07) is 1.81. The molecule has 8 aliphatic rings. The number of amides is 4. The van der Waals surface area contributed by atoms with Gasteiger partial charge in [0.2, 0.25) is 0 Å². The van der Waals surface area contributed by atoms with Crippen LogP contribution in [-0.4, -0.2) is 81.6 Å². The molecule has 0 aromatic heterocycles. The van der Waals surface area contributed by atoms with E-state index in [-0.39, 0.29) is 48.3 Å². The van der Waals surface area contributed by atoms with Gasteiger partial charge in [-0.15, -0.1) is 0 Å². The molecule has 0 atom stereocenters. The summed E-state index contributed by atoms with van der Waals surface area (Å²) in [5, 5.41) is 16.2. The molecule has 12 heteroatoms.